The van der Waals surface area contributed by atoms with E-state index in [0.29, 0.717) is 4.47 Å². The summed E-state index contributed by atoms with van der Waals surface area (Å²) >= 11 is 3.09. The van der Waals surface area contributed by atoms with Gasteiger partial charge in [-0.15, -0.1) is 0 Å². The molecule has 0 aliphatic rings. The van der Waals surface area contributed by atoms with Crippen LogP contribution in [0.25, 0.3) is 0 Å². The number of rotatable bonds is 3. The van der Waals surface area contributed by atoms with E-state index in [0.717, 1.165) is 30.3 Å². The van der Waals surface area contributed by atoms with Crippen LogP contribution in [0.15, 0.2) is 45.8 Å². The van der Waals surface area contributed by atoms with Gasteiger partial charge in [-0.25, -0.2) is 17.2 Å². The van der Waals surface area contributed by atoms with Crippen molar-refractivity contribution in [2.75, 3.05) is 4.72 Å². The van der Waals surface area contributed by atoms with Crippen molar-refractivity contribution >= 4 is 31.6 Å². The molecule has 21 heavy (non-hydrogen) atoms. The van der Waals surface area contributed by atoms with Gasteiger partial charge in [-0.1, -0.05) is 0 Å². The normalized spacial score (nSPS) is 11.0. The van der Waals surface area contributed by atoms with Crippen molar-refractivity contribution in [3.8, 4) is 6.07 Å². The highest BCUT2D eigenvalue weighted by Crippen LogP contribution is 2.26. The third-order valence-electron chi connectivity index (χ3n) is 2.54. The molecule has 0 unspecified atom stereocenters. The summed E-state index contributed by atoms with van der Waals surface area (Å²) < 4.78 is 53.2. The Hall–Kier alpha value is -1.98. The molecule has 0 atom stereocenters. The highest BCUT2D eigenvalue weighted by Gasteiger charge is 2.18. The predicted molar refractivity (Wildman–Crippen MR) is 76.0 cm³/mol. The smallest absolute Gasteiger partial charge is 0.261 e. The number of nitrogens with zero attached hydrogens (tertiary/aromatic N) is 1. The van der Waals surface area contributed by atoms with E-state index in [1.54, 1.807) is 6.07 Å². The van der Waals surface area contributed by atoms with Crippen molar-refractivity contribution in [3.63, 3.8) is 0 Å². The van der Waals surface area contributed by atoms with Crippen LogP contribution >= 0.6 is 15.9 Å². The summed E-state index contributed by atoms with van der Waals surface area (Å²) in [5.74, 6) is -1.43. The van der Waals surface area contributed by atoms with Crippen LogP contribution in [0.4, 0.5) is 14.5 Å². The molecular weight excluding hydrogens is 366 g/mol. The lowest BCUT2D eigenvalue weighted by Crippen LogP contribution is -2.14. The Balaban J connectivity index is 2.44. The van der Waals surface area contributed by atoms with Crippen LogP contribution in [-0.4, -0.2) is 8.42 Å². The summed E-state index contributed by atoms with van der Waals surface area (Å²) in [7, 11) is -4.07. The number of anilines is 1. The lowest BCUT2D eigenvalue weighted by Gasteiger charge is -2.10. The first-order valence-electron chi connectivity index (χ1n) is 5.51. The van der Waals surface area contributed by atoms with Crippen LogP contribution in [0, 0.1) is 23.0 Å². The first-order chi connectivity index (χ1) is 9.83. The monoisotopic (exact) mass is 372 g/mol. The van der Waals surface area contributed by atoms with Gasteiger partial charge < -0.3 is 0 Å². The van der Waals surface area contributed by atoms with E-state index in [1.807, 2.05) is 0 Å². The number of nitrogens with one attached hydrogen (secondary N) is 1. The van der Waals surface area contributed by atoms with Crippen molar-refractivity contribution < 1.29 is 17.2 Å². The van der Waals surface area contributed by atoms with Crippen LogP contribution in [0.3, 0.4) is 0 Å². The van der Waals surface area contributed by atoms with Gasteiger partial charge in [0, 0.05) is 4.47 Å². The summed E-state index contributed by atoms with van der Waals surface area (Å²) in [4.78, 5) is -0.295. The Labute approximate surface area is 128 Å². The fourth-order valence-electron chi connectivity index (χ4n) is 1.54. The zero-order valence-corrected chi connectivity index (χ0v) is 12.7. The van der Waals surface area contributed by atoms with E-state index in [4.69, 9.17) is 5.26 Å². The maximum atomic E-state index is 13.2. The molecule has 1 N–H and O–H groups in total. The average Bonchev–Trinajstić information content (AvgIpc) is 2.43. The maximum absolute atomic E-state index is 13.2. The van der Waals surface area contributed by atoms with E-state index in [9.17, 15) is 17.2 Å². The van der Waals surface area contributed by atoms with E-state index < -0.39 is 27.2 Å². The number of halogens is 3. The van der Waals surface area contributed by atoms with Crippen molar-refractivity contribution in [1.82, 2.24) is 0 Å². The van der Waals surface area contributed by atoms with E-state index in [1.165, 1.54) is 6.07 Å². The van der Waals surface area contributed by atoms with Crippen LogP contribution in [0.5, 0.6) is 0 Å². The largest absolute Gasteiger partial charge is 0.278 e. The summed E-state index contributed by atoms with van der Waals surface area (Å²) in [6.07, 6.45) is 0. The molecular formula is C13H7BrF2N2O2S. The minimum atomic E-state index is -4.07. The molecule has 0 aliphatic carbocycles. The summed E-state index contributed by atoms with van der Waals surface area (Å²) in [6.45, 7) is 0. The molecule has 0 fully saturated rings. The number of hydrogen-bond acceptors (Lipinski definition) is 3. The maximum Gasteiger partial charge on any atom is 0.261 e. The molecule has 8 heteroatoms. The topological polar surface area (TPSA) is 70.0 Å². The molecule has 0 aromatic heterocycles. The third-order valence-corrected chi connectivity index (χ3v) is 4.60. The SMILES string of the molecule is N#Cc1cc(S(=O)(=O)Nc2cc(F)ccc2Br)ccc1F. The van der Waals surface area contributed by atoms with Crippen molar-refractivity contribution in [2.45, 2.75) is 4.90 Å². The lowest BCUT2D eigenvalue weighted by atomic mass is 10.2. The van der Waals surface area contributed by atoms with Crippen molar-refractivity contribution in [1.29, 1.82) is 5.26 Å². The summed E-state index contributed by atoms with van der Waals surface area (Å²) in [6, 6.07) is 7.87. The fourth-order valence-corrected chi connectivity index (χ4v) is 3.11. The summed E-state index contributed by atoms with van der Waals surface area (Å²) in [5.41, 5.74) is -0.394. The molecule has 4 nitrogen and oxygen atoms in total. The fraction of sp³-hybridized carbons (Fsp3) is 0. The van der Waals surface area contributed by atoms with Gasteiger partial charge in [0.05, 0.1) is 16.1 Å². The molecule has 2 rings (SSSR count). The first-order valence-corrected chi connectivity index (χ1v) is 7.78. The number of nitriles is 1. The highest BCUT2D eigenvalue weighted by molar-refractivity contribution is 9.10. The Morgan fingerprint density at radius 2 is 1.86 bits per heavy atom. The number of sulfonamides is 1. The Bertz CT molecular complexity index is 848. The van der Waals surface area contributed by atoms with Crippen molar-refractivity contribution in [3.05, 3.63) is 58.1 Å². The Kier molecular flexibility index (Phi) is 4.25. The van der Waals surface area contributed by atoms with Crippen LogP contribution in [0.1, 0.15) is 5.56 Å². The molecule has 108 valence electrons. The van der Waals surface area contributed by atoms with Gasteiger partial charge in [0.25, 0.3) is 10.0 Å². The van der Waals surface area contributed by atoms with Gasteiger partial charge in [-0.3, -0.25) is 4.72 Å². The standard InChI is InChI=1S/C13H7BrF2N2O2S/c14-11-3-1-9(15)6-13(11)18-21(19,20)10-2-4-12(16)8(5-10)7-17/h1-6,18H. The summed E-state index contributed by atoms with van der Waals surface area (Å²) in [5, 5.41) is 8.72. The molecule has 0 amide bonds. The first kappa shape index (κ1) is 15.4. The van der Waals surface area contributed by atoms with Gasteiger partial charge in [0.15, 0.2) is 0 Å². The molecule has 0 heterocycles. The molecule has 2 aromatic carbocycles. The van der Waals surface area contributed by atoms with Crippen LogP contribution in [-0.2, 0) is 10.0 Å². The third kappa shape index (κ3) is 3.37. The second-order valence-electron chi connectivity index (χ2n) is 3.98. The van der Waals surface area contributed by atoms with E-state index in [2.05, 4.69) is 20.7 Å². The van der Waals surface area contributed by atoms with Gasteiger partial charge in [0.1, 0.15) is 17.7 Å². The molecule has 0 spiro atoms. The van der Waals surface area contributed by atoms with Gasteiger partial charge in [-0.05, 0) is 52.3 Å². The Morgan fingerprint density at radius 3 is 2.52 bits per heavy atom. The lowest BCUT2D eigenvalue weighted by molar-refractivity contribution is 0.599. The molecule has 0 aliphatic heterocycles. The highest BCUT2D eigenvalue weighted by atomic mass is 79.9. The second kappa shape index (κ2) is 5.79. The molecule has 0 radical (unpaired) electrons. The minimum absolute atomic E-state index is 0.00201. The molecule has 0 bridgehead atoms. The predicted octanol–water partition coefficient (Wildman–Crippen LogP) is 3.40. The Morgan fingerprint density at radius 1 is 1.14 bits per heavy atom. The zero-order chi connectivity index (χ0) is 15.6. The average molecular weight is 373 g/mol. The van der Waals surface area contributed by atoms with Crippen LogP contribution < -0.4 is 4.72 Å². The number of hydrogen-bond donors (Lipinski definition) is 1. The minimum Gasteiger partial charge on any atom is -0.278 e. The molecule has 2 aromatic rings. The number of benzene rings is 2. The molecule has 0 saturated heterocycles. The van der Waals surface area contributed by atoms with E-state index >= 15 is 0 Å². The quantitative estimate of drug-likeness (QED) is 0.897. The van der Waals surface area contributed by atoms with Crippen LogP contribution in [0.2, 0.25) is 0 Å². The van der Waals surface area contributed by atoms with E-state index in [-0.39, 0.29) is 10.6 Å². The zero-order valence-electron chi connectivity index (χ0n) is 10.3. The van der Waals surface area contributed by atoms with Gasteiger partial charge >= 0.3 is 0 Å². The van der Waals surface area contributed by atoms with Gasteiger partial charge in [-0.2, -0.15) is 5.26 Å². The van der Waals surface area contributed by atoms with Gasteiger partial charge in [0.2, 0.25) is 0 Å². The van der Waals surface area contributed by atoms with Crippen molar-refractivity contribution in [2.24, 2.45) is 0 Å². The second-order valence-corrected chi connectivity index (χ2v) is 6.52. The molecule has 0 saturated carbocycles.